The van der Waals surface area contributed by atoms with Crippen LogP contribution in [-0.4, -0.2) is 44.0 Å². The lowest BCUT2D eigenvalue weighted by atomic mass is 10.0. The van der Waals surface area contributed by atoms with Gasteiger partial charge in [0.15, 0.2) is 8.32 Å². The van der Waals surface area contributed by atoms with Gasteiger partial charge in [-0.05, 0) is 30.1 Å². The highest BCUT2D eigenvalue weighted by atomic mass is 28.4. The SMILES string of the molecule is C=C[C@@H](O[Si](C)(C)C(C)(C)C)[C@H](C)C(=O)N1C(=O)OC[C@@H]1Cc1ccccc1. The molecule has 154 valence electrons. The molecule has 0 bridgehead atoms. The minimum Gasteiger partial charge on any atom is -0.447 e. The first-order valence-electron chi connectivity index (χ1n) is 9.82. The molecule has 1 fully saturated rings. The van der Waals surface area contributed by atoms with E-state index in [-0.39, 0.29) is 23.6 Å². The van der Waals surface area contributed by atoms with Crippen LogP contribution in [0.25, 0.3) is 0 Å². The summed E-state index contributed by atoms with van der Waals surface area (Å²) in [7, 11) is -2.09. The monoisotopic (exact) mass is 403 g/mol. The van der Waals surface area contributed by atoms with Crippen LogP contribution in [0.15, 0.2) is 43.0 Å². The van der Waals surface area contributed by atoms with Gasteiger partial charge in [-0.25, -0.2) is 9.69 Å². The lowest BCUT2D eigenvalue weighted by Crippen LogP contribution is -2.50. The van der Waals surface area contributed by atoms with Crippen molar-refractivity contribution in [1.82, 2.24) is 4.90 Å². The molecule has 3 atom stereocenters. The van der Waals surface area contributed by atoms with E-state index in [1.165, 1.54) is 4.90 Å². The van der Waals surface area contributed by atoms with E-state index in [0.717, 1.165) is 5.56 Å². The number of cyclic esters (lactones) is 1. The number of carbonyl (C=O) groups is 2. The highest BCUT2D eigenvalue weighted by Crippen LogP contribution is 2.38. The van der Waals surface area contributed by atoms with Gasteiger partial charge in [0.1, 0.15) is 6.61 Å². The van der Waals surface area contributed by atoms with E-state index in [2.05, 4.69) is 40.4 Å². The number of nitrogens with zero attached hydrogens (tertiary/aromatic N) is 1. The van der Waals surface area contributed by atoms with E-state index in [1.807, 2.05) is 30.3 Å². The number of hydrogen-bond donors (Lipinski definition) is 0. The van der Waals surface area contributed by atoms with Crippen molar-refractivity contribution in [3.8, 4) is 0 Å². The first kappa shape index (κ1) is 22.4. The van der Waals surface area contributed by atoms with Crippen molar-refractivity contribution < 1.29 is 18.8 Å². The van der Waals surface area contributed by atoms with Gasteiger partial charge in [0.25, 0.3) is 0 Å². The maximum Gasteiger partial charge on any atom is 0.416 e. The molecule has 1 aliphatic rings. The number of rotatable bonds is 7. The second-order valence-electron chi connectivity index (χ2n) is 9.00. The van der Waals surface area contributed by atoms with Gasteiger partial charge in [-0.15, -0.1) is 6.58 Å². The summed E-state index contributed by atoms with van der Waals surface area (Å²) in [6, 6.07) is 9.51. The Morgan fingerprint density at radius 1 is 1.36 bits per heavy atom. The predicted molar refractivity (Wildman–Crippen MR) is 114 cm³/mol. The van der Waals surface area contributed by atoms with Crippen LogP contribution in [0, 0.1) is 5.92 Å². The standard InChI is InChI=1S/C22H33NO4Si/c1-8-19(27-28(6,7)22(3,4)5)16(2)20(24)23-18(15-26-21(23)25)14-17-12-10-9-11-13-17/h8-13,16,18-19H,1,14-15H2,2-7H3/t16-,18-,19+/m0/s1. The van der Waals surface area contributed by atoms with E-state index in [9.17, 15) is 9.59 Å². The second-order valence-corrected chi connectivity index (χ2v) is 13.8. The average Bonchev–Trinajstić information content (AvgIpc) is 2.98. The van der Waals surface area contributed by atoms with Gasteiger partial charge >= 0.3 is 6.09 Å². The largest absolute Gasteiger partial charge is 0.447 e. The molecular formula is C22H33NO4Si. The molecule has 1 saturated heterocycles. The fraction of sp³-hybridized carbons (Fsp3) is 0.545. The Bertz CT molecular complexity index is 711. The number of amides is 2. The molecular weight excluding hydrogens is 370 g/mol. The molecule has 1 aromatic carbocycles. The molecule has 0 spiro atoms. The molecule has 1 aliphatic heterocycles. The van der Waals surface area contributed by atoms with Gasteiger partial charge in [0.05, 0.1) is 18.1 Å². The molecule has 2 amide bonds. The lowest BCUT2D eigenvalue weighted by Gasteiger charge is -2.40. The number of imide groups is 1. The summed E-state index contributed by atoms with van der Waals surface area (Å²) in [5.41, 5.74) is 1.06. The first-order chi connectivity index (χ1) is 13.0. The summed E-state index contributed by atoms with van der Waals surface area (Å²) in [5.74, 6) is -0.789. The smallest absolute Gasteiger partial charge is 0.416 e. The molecule has 0 N–H and O–H groups in total. The molecule has 0 aromatic heterocycles. The van der Waals surface area contributed by atoms with Crippen LogP contribution >= 0.6 is 0 Å². The number of benzene rings is 1. The van der Waals surface area contributed by atoms with Gasteiger partial charge < -0.3 is 9.16 Å². The van der Waals surface area contributed by atoms with Crippen LogP contribution < -0.4 is 0 Å². The van der Waals surface area contributed by atoms with Crippen molar-refractivity contribution in [2.24, 2.45) is 5.92 Å². The summed E-state index contributed by atoms with van der Waals surface area (Å²) >= 11 is 0. The van der Waals surface area contributed by atoms with Gasteiger partial charge in [-0.2, -0.15) is 0 Å². The van der Waals surface area contributed by atoms with Gasteiger partial charge in [0, 0.05) is 0 Å². The van der Waals surface area contributed by atoms with Crippen molar-refractivity contribution in [1.29, 1.82) is 0 Å². The molecule has 2 rings (SSSR count). The minimum atomic E-state index is -2.09. The Morgan fingerprint density at radius 3 is 2.50 bits per heavy atom. The maximum absolute atomic E-state index is 13.2. The Labute approximate surface area is 169 Å². The highest BCUT2D eigenvalue weighted by Gasteiger charge is 2.44. The number of carbonyl (C=O) groups excluding carboxylic acids is 2. The molecule has 1 heterocycles. The van der Waals surface area contributed by atoms with Crippen LogP contribution in [0.2, 0.25) is 18.1 Å². The maximum atomic E-state index is 13.2. The summed E-state index contributed by atoms with van der Waals surface area (Å²) in [5, 5.41) is 0.0133. The van der Waals surface area contributed by atoms with Crippen LogP contribution in [0.3, 0.4) is 0 Å². The van der Waals surface area contributed by atoms with E-state index in [4.69, 9.17) is 9.16 Å². The van der Waals surface area contributed by atoms with Crippen molar-refractivity contribution in [2.45, 2.75) is 64.4 Å². The third-order valence-electron chi connectivity index (χ3n) is 5.86. The van der Waals surface area contributed by atoms with E-state index in [0.29, 0.717) is 6.42 Å². The summed E-state index contributed by atoms with van der Waals surface area (Å²) < 4.78 is 11.6. The predicted octanol–water partition coefficient (Wildman–Crippen LogP) is 4.79. The van der Waals surface area contributed by atoms with Crippen LogP contribution in [0.4, 0.5) is 4.79 Å². The molecule has 28 heavy (non-hydrogen) atoms. The number of ether oxygens (including phenoxy) is 1. The third-order valence-corrected chi connectivity index (χ3v) is 10.3. The van der Waals surface area contributed by atoms with E-state index >= 15 is 0 Å². The molecule has 0 unspecified atom stereocenters. The molecule has 0 saturated carbocycles. The topological polar surface area (TPSA) is 55.8 Å². The Hall–Kier alpha value is -1.92. The van der Waals surface area contributed by atoms with E-state index < -0.39 is 26.4 Å². The van der Waals surface area contributed by atoms with E-state index in [1.54, 1.807) is 13.0 Å². The summed E-state index contributed by atoms with van der Waals surface area (Å²) in [6.45, 7) is 16.6. The minimum absolute atomic E-state index is 0.0133. The second kappa shape index (κ2) is 8.62. The lowest BCUT2D eigenvalue weighted by molar-refractivity contribution is -0.135. The Morgan fingerprint density at radius 2 is 1.96 bits per heavy atom. The fourth-order valence-corrected chi connectivity index (χ4v) is 4.33. The fourth-order valence-electron chi connectivity index (χ4n) is 3.00. The zero-order valence-electron chi connectivity index (χ0n) is 17.9. The summed E-state index contributed by atoms with van der Waals surface area (Å²) in [4.78, 5) is 26.8. The molecule has 6 heteroatoms. The molecule has 5 nitrogen and oxygen atoms in total. The van der Waals surface area contributed by atoms with Crippen LogP contribution in [0.5, 0.6) is 0 Å². The van der Waals surface area contributed by atoms with Crippen molar-refractivity contribution in [3.63, 3.8) is 0 Å². The molecule has 0 aliphatic carbocycles. The van der Waals surface area contributed by atoms with Crippen molar-refractivity contribution >= 4 is 20.3 Å². The summed E-state index contributed by atoms with van der Waals surface area (Å²) in [6.07, 6.45) is 1.23. The first-order valence-corrected chi connectivity index (χ1v) is 12.7. The van der Waals surface area contributed by atoms with Gasteiger partial charge in [-0.3, -0.25) is 4.79 Å². The van der Waals surface area contributed by atoms with Crippen LogP contribution in [-0.2, 0) is 20.4 Å². The molecule has 0 radical (unpaired) electrons. The third kappa shape index (κ3) is 4.91. The quantitative estimate of drug-likeness (QED) is 0.485. The zero-order chi connectivity index (χ0) is 21.1. The van der Waals surface area contributed by atoms with Crippen LogP contribution in [0.1, 0.15) is 33.3 Å². The zero-order valence-corrected chi connectivity index (χ0v) is 18.9. The van der Waals surface area contributed by atoms with Crippen molar-refractivity contribution in [3.05, 3.63) is 48.6 Å². The highest BCUT2D eigenvalue weighted by molar-refractivity contribution is 6.74. The Balaban J connectivity index is 2.16. The number of hydrogen-bond acceptors (Lipinski definition) is 4. The van der Waals surface area contributed by atoms with Crippen molar-refractivity contribution in [2.75, 3.05) is 6.61 Å². The average molecular weight is 404 g/mol. The molecule has 1 aromatic rings. The Kier molecular flexibility index (Phi) is 6.88. The normalized spacial score (nSPS) is 19.9. The van der Waals surface area contributed by atoms with Gasteiger partial charge in [-0.1, -0.05) is 64.1 Å². The van der Waals surface area contributed by atoms with Gasteiger partial charge in [0.2, 0.25) is 5.91 Å².